The molecule has 0 radical (unpaired) electrons. The van der Waals surface area contributed by atoms with Crippen molar-refractivity contribution in [2.45, 2.75) is 26.7 Å². The highest BCUT2D eigenvalue weighted by molar-refractivity contribution is 5.97. The van der Waals surface area contributed by atoms with E-state index in [2.05, 4.69) is 6.92 Å². The maximum absolute atomic E-state index is 12.0. The number of rotatable bonds is 5. The predicted octanol–water partition coefficient (Wildman–Crippen LogP) is 3.37. The van der Waals surface area contributed by atoms with Gasteiger partial charge < -0.3 is 4.90 Å². The number of benzene rings is 1. The van der Waals surface area contributed by atoms with Crippen molar-refractivity contribution in [1.82, 2.24) is 0 Å². The molecule has 0 N–H and O–H groups in total. The van der Waals surface area contributed by atoms with Crippen LogP contribution in [0.4, 0.5) is 5.69 Å². The lowest BCUT2D eigenvalue weighted by Gasteiger charge is -2.13. The summed E-state index contributed by atoms with van der Waals surface area (Å²) in [5, 5.41) is 0. The molecule has 0 heterocycles. The molecule has 88 valence electrons. The van der Waals surface area contributed by atoms with E-state index >= 15 is 0 Å². The summed E-state index contributed by atoms with van der Waals surface area (Å²) >= 11 is 0. The molecule has 1 unspecified atom stereocenters. The Morgan fingerprint density at radius 2 is 1.81 bits per heavy atom. The summed E-state index contributed by atoms with van der Waals surface area (Å²) in [7, 11) is 3.99. The molecule has 0 saturated carbocycles. The largest absolute Gasteiger partial charge is 0.378 e. The van der Waals surface area contributed by atoms with Crippen LogP contribution in [0.25, 0.3) is 0 Å². The fourth-order valence-electron chi connectivity index (χ4n) is 1.77. The Balaban J connectivity index is 2.77. The molecular weight excluding hydrogens is 198 g/mol. The van der Waals surface area contributed by atoms with Crippen LogP contribution in [-0.4, -0.2) is 19.9 Å². The minimum Gasteiger partial charge on any atom is -0.378 e. The molecule has 0 saturated heterocycles. The van der Waals surface area contributed by atoms with Crippen molar-refractivity contribution in [1.29, 1.82) is 0 Å². The lowest BCUT2D eigenvalue weighted by atomic mass is 9.95. The number of ketones is 1. The predicted molar refractivity (Wildman–Crippen MR) is 69.2 cm³/mol. The van der Waals surface area contributed by atoms with Crippen LogP contribution in [0.3, 0.4) is 0 Å². The van der Waals surface area contributed by atoms with Crippen molar-refractivity contribution in [3.05, 3.63) is 29.8 Å². The number of carbonyl (C=O) groups is 1. The molecule has 2 nitrogen and oxygen atoms in total. The van der Waals surface area contributed by atoms with Gasteiger partial charge in [-0.05, 0) is 30.7 Å². The van der Waals surface area contributed by atoms with E-state index in [9.17, 15) is 4.79 Å². The van der Waals surface area contributed by atoms with Gasteiger partial charge >= 0.3 is 0 Å². The van der Waals surface area contributed by atoms with E-state index in [1.807, 2.05) is 50.2 Å². The first-order valence-electron chi connectivity index (χ1n) is 5.87. The quantitative estimate of drug-likeness (QED) is 0.708. The van der Waals surface area contributed by atoms with Gasteiger partial charge in [-0.1, -0.05) is 20.3 Å². The van der Waals surface area contributed by atoms with E-state index < -0.39 is 0 Å². The van der Waals surface area contributed by atoms with E-state index in [4.69, 9.17) is 0 Å². The smallest absolute Gasteiger partial charge is 0.165 e. The second-order valence-electron chi connectivity index (χ2n) is 4.50. The van der Waals surface area contributed by atoms with Gasteiger partial charge in [0.1, 0.15) is 0 Å². The second kappa shape index (κ2) is 5.69. The van der Waals surface area contributed by atoms with Crippen LogP contribution in [0.5, 0.6) is 0 Å². The van der Waals surface area contributed by atoms with Gasteiger partial charge in [-0.15, -0.1) is 0 Å². The SMILES string of the molecule is CCCC(C)C(=O)c1ccc(N(C)C)cc1. The maximum Gasteiger partial charge on any atom is 0.165 e. The Hall–Kier alpha value is -1.31. The average Bonchev–Trinajstić information content (AvgIpc) is 2.28. The third-order valence-corrected chi connectivity index (χ3v) is 2.84. The number of hydrogen-bond acceptors (Lipinski definition) is 2. The molecule has 1 aromatic rings. The fraction of sp³-hybridized carbons (Fsp3) is 0.500. The van der Waals surface area contributed by atoms with Gasteiger partial charge in [0.2, 0.25) is 0 Å². The normalized spacial score (nSPS) is 12.2. The number of carbonyl (C=O) groups excluding carboxylic acids is 1. The number of Topliss-reactive ketones (excluding diaryl/α,β-unsaturated/α-hetero) is 1. The molecule has 0 aliphatic heterocycles. The molecule has 0 spiro atoms. The molecule has 0 aliphatic carbocycles. The Labute approximate surface area is 98.3 Å². The van der Waals surface area contributed by atoms with Crippen LogP contribution in [-0.2, 0) is 0 Å². The lowest BCUT2D eigenvalue weighted by molar-refractivity contribution is 0.0923. The first-order valence-corrected chi connectivity index (χ1v) is 5.87. The number of nitrogens with zero attached hydrogens (tertiary/aromatic N) is 1. The summed E-state index contributed by atoms with van der Waals surface area (Å²) in [5.41, 5.74) is 1.95. The summed E-state index contributed by atoms with van der Waals surface area (Å²) < 4.78 is 0. The fourth-order valence-corrected chi connectivity index (χ4v) is 1.77. The van der Waals surface area contributed by atoms with Crippen molar-refractivity contribution in [3.8, 4) is 0 Å². The number of anilines is 1. The van der Waals surface area contributed by atoms with Crippen molar-refractivity contribution < 1.29 is 4.79 Å². The van der Waals surface area contributed by atoms with E-state index in [0.717, 1.165) is 24.1 Å². The van der Waals surface area contributed by atoms with Crippen molar-refractivity contribution in [3.63, 3.8) is 0 Å². The van der Waals surface area contributed by atoms with E-state index in [1.54, 1.807) is 0 Å². The van der Waals surface area contributed by atoms with Crippen molar-refractivity contribution >= 4 is 11.5 Å². The minimum atomic E-state index is 0.134. The Bertz CT molecular complexity index is 340. The average molecular weight is 219 g/mol. The summed E-state index contributed by atoms with van der Waals surface area (Å²) in [6.45, 7) is 4.12. The van der Waals surface area contributed by atoms with E-state index in [-0.39, 0.29) is 11.7 Å². The van der Waals surface area contributed by atoms with Crippen LogP contribution in [0.2, 0.25) is 0 Å². The summed E-state index contributed by atoms with van der Waals surface area (Å²) in [5.74, 6) is 0.391. The number of hydrogen-bond donors (Lipinski definition) is 0. The second-order valence-corrected chi connectivity index (χ2v) is 4.50. The highest BCUT2D eigenvalue weighted by Crippen LogP contribution is 2.17. The first kappa shape index (κ1) is 12.8. The Morgan fingerprint density at radius 3 is 2.25 bits per heavy atom. The summed E-state index contributed by atoms with van der Waals surface area (Å²) in [6, 6.07) is 7.82. The van der Waals surface area contributed by atoms with Gasteiger partial charge in [-0.25, -0.2) is 0 Å². The Morgan fingerprint density at radius 1 is 1.25 bits per heavy atom. The van der Waals surface area contributed by atoms with Gasteiger partial charge in [0.15, 0.2) is 5.78 Å². The molecule has 0 aromatic heterocycles. The molecule has 1 atom stereocenters. The zero-order chi connectivity index (χ0) is 12.1. The molecule has 0 bridgehead atoms. The van der Waals surface area contributed by atoms with Crippen molar-refractivity contribution in [2.75, 3.05) is 19.0 Å². The molecule has 2 heteroatoms. The van der Waals surface area contributed by atoms with Crippen LogP contribution >= 0.6 is 0 Å². The molecule has 0 fully saturated rings. The monoisotopic (exact) mass is 219 g/mol. The molecule has 0 aliphatic rings. The van der Waals surface area contributed by atoms with Gasteiger partial charge in [-0.2, -0.15) is 0 Å². The van der Waals surface area contributed by atoms with Crippen LogP contribution in [0.1, 0.15) is 37.0 Å². The van der Waals surface area contributed by atoms with Crippen molar-refractivity contribution in [2.24, 2.45) is 5.92 Å². The maximum atomic E-state index is 12.0. The summed E-state index contributed by atoms with van der Waals surface area (Å²) in [4.78, 5) is 14.0. The molecule has 1 rings (SSSR count). The zero-order valence-corrected chi connectivity index (χ0v) is 10.7. The zero-order valence-electron chi connectivity index (χ0n) is 10.7. The molecular formula is C14H21NO. The van der Waals surface area contributed by atoms with Crippen LogP contribution < -0.4 is 4.90 Å². The standard InChI is InChI=1S/C14H21NO/c1-5-6-11(2)14(16)12-7-9-13(10-8-12)15(3)4/h7-11H,5-6H2,1-4H3. The van der Waals surface area contributed by atoms with Gasteiger partial charge in [0.25, 0.3) is 0 Å². The third-order valence-electron chi connectivity index (χ3n) is 2.84. The highest BCUT2D eigenvalue weighted by Gasteiger charge is 2.13. The third kappa shape index (κ3) is 3.09. The van der Waals surface area contributed by atoms with Gasteiger partial charge in [0.05, 0.1) is 0 Å². The van der Waals surface area contributed by atoms with Gasteiger partial charge in [-0.3, -0.25) is 4.79 Å². The minimum absolute atomic E-state index is 0.134. The Kier molecular flexibility index (Phi) is 4.53. The van der Waals surface area contributed by atoms with E-state index in [0.29, 0.717) is 0 Å². The molecule has 1 aromatic carbocycles. The van der Waals surface area contributed by atoms with Gasteiger partial charge in [0, 0.05) is 31.3 Å². The topological polar surface area (TPSA) is 20.3 Å². The summed E-state index contributed by atoms with van der Waals surface area (Å²) in [6.07, 6.45) is 2.02. The highest BCUT2D eigenvalue weighted by atomic mass is 16.1. The van der Waals surface area contributed by atoms with Crippen LogP contribution in [0.15, 0.2) is 24.3 Å². The molecule has 16 heavy (non-hydrogen) atoms. The first-order chi connectivity index (χ1) is 7.56. The van der Waals surface area contributed by atoms with Crippen LogP contribution in [0, 0.1) is 5.92 Å². The molecule has 0 amide bonds. The van der Waals surface area contributed by atoms with E-state index in [1.165, 1.54) is 0 Å². The lowest BCUT2D eigenvalue weighted by Crippen LogP contribution is -2.12.